The molecule has 0 aliphatic heterocycles. The number of benzene rings is 2. The van der Waals surface area contributed by atoms with Gasteiger partial charge < -0.3 is 0 Å². The van der Waals surface area contributed by atoms with Gasteiger partial charge in [0.15, 0.2) is 0 Å². The molecule has 3 rings (SSSR count). The molecule has 128 valence electrons. The molecule has 1 aliphatic carbocycles. The predicted molar refractivity (Wildman–Crippen MR) is 105 cm³/mol. The molecule has 1 saturated carbocycles. The Kier molecular flexibility index (Phi) is 5.43. The summed E-state index contributed by atoms with van der Waals surface area (Å²) in [7, 11) is 0. The number of aryl methyl sites for hydroxylation is 2. The molecule has 0 atom stereocenters. The van der Waals surface area contributed by atoms with Crippen LogP contribution >= 0.6 is 0 Å². The molecule has 0 bridgehead atoms. The first-order valence-electron chi connectivity index (χ1n) is 9.91. The van der Waals surface area contributed by atoms with E-state index in [2.05, 4.69) is 69.3 Å². The van der Waals surface area contributed by atoms with Crippen molar-refractivity contribution < 1.29 is 0 Å². The molecule has 2 aromatic carbocycles. The molecule has 0 unspecified atom stereocenters. The van der Waals surface area contributed by atoms with Crippen LogP contribution in [-0.2, 0) is 18.3 Å². The second-order valence-corrected chi connectivity index (χ2v) is 7.46. The highest BCUT2D eigenvalue weighted by Gasteiger charge is 2.40. The van der Waals surface area contributed by atoms with Gasteiger partial charge in [0, 0.05) is 5.41 Å². The summed E-state index contributed by atoms with van der Waals surface area (Å²) in [6, 6.07) is 18.4. The van der Waals surface area contributed by atoms with Crippen molar-refractivity contribution in [2.45, 2.75) is 71.1 Å². The van der Waals surface area contributed by atoms with Crippen molar-refractivity contribution in [3.8, 4) is 0 Å². The molecule has 0 heterocycles. The fourth-order valence-corrected chi connectivity index (χ4v) is 4.85. The smallest absolute Gasteiger partial charge is 0.0208 e. The van der Waals surface area contributed by atoms with E-state index in [1.165, 1.54) is 32.1 Å². The Morgan fingerprint density at radius 3 is 1.62 bits per heavy atom. The molecule has 24 heavy (non-hydrogen) atoms. The lowest BCUT2D eigenvalue weighted by Crippen LogP contribution is -2.35. The van der Waals surface area contributed by atoms with Gasteiger partial charge in [-0.1, -0.05) is 75.7 Å². The first kappa shape index (κ1) is 17.3. The minimum atomic E-state index is 0.227. The SMILES string of the molecule is CCc1ccccc1C1(c2ccccc2CC)CCC(CC)CC1. The molecular formula is C24H32. The van der Waals surface area contributed by atoms with E-state index in [-0.39, 0.29) is 5.41 Å². The third-order valence-electron chi connectivity index (χ3n) is 6.36. The van der Waals surface area contributed by atoms with E-state index < -0.39 is 0 Å². The quantitative estimate of drug-likeness (QED) is 0.575. The van der Waals surface area contributed by atoms with Crippen LogP contribution in [0.3, 0.4) is 0 Å². The fraction of sp³-hybridized carbons (Fsp3) is 0.500. The largest absolute Gasteiger partial charge is 0.0651 e. The summed E-state index contributed by atoms with van der Waals surface area (Å²) < 4.78 is 0. The summed E-state index contributed by atoms with van der Waals surface area (Å²) in [6.45, 7) is 6.96. The Labute approximate surface area is 148 Å². The van der Waals surface area contributed by atoms with Crippen LogP contribution in [0.4, 0.5) is 0 Å². The average molecular weight is 321 g/mol. The predicted octanol–water partition coefficient (Wildman–Crippen LogP) is 6.70. The van der Waals surface area contributed by atoms with Gasteiger partial charge in [-0.25, -0.2) is 0 Å². The zero-order valence-corrected chi connectivity index (χ0v) is 15.6. The fourth-order valence-electron chi connectivity index (χ4n) is 4.85. The van der Waals surface area contributed by atoms with Crippen molar-refractivity contribution in [3.63, 3.8) is 0 Å². The van der Waals surface area contributed by atoms with Crippen LogP contribution in [0.1, 0.15) is 75.1 Å². The van der Waals surface area contributed by atoms with Crippen LogP contribution in [0.15, 0.2) is 48.5 Å². The van der Waals surface area contributed by atoms with E-state index in [0.717, 1.165) is 18.8 Å². The minimum absolute atomic E-state index is 0.227. The second kappa shape index (κ2) is 7.55. The number of hydrogen-bond acceptors (Lipinski definition) is 0. The maximum Gasteiger partial charge on any atom is 0.0208 e. The third-order valence-corrected chi connectivity index (χ3v) is 6.36. The standard InChI is InChI=1S/C24H32/c1-4-19-15-17-24(18-16-19,22-13-9-7-11-20(22)5-2)23-14-10-8-12-21(23)6-3/h7-14,19H,4-6,15-18H2,1-3H3. The summed E-state index contributed by atoms with van der Waals surface area (Å²) in [5, 5.41) is 0. The number of hydrogen-bond donors (Lipinski definition) is 0. The lowest BCUT2D eigenvalue weighted by Gasteiger charge is -2.43. The Morgan fingerprint density at radius 1 is 0.750 bits per heavy atom. The first-order chi connectivity index (χ1) is 11.7. The van der Waals surface area contributed by atoms with Gasteiger partial charge in [-0.15, -0.1) is 0 Å². The molecule has 0 radical (unpaired) electrons. The molecule has 1 aliphatic rings. The summed E-state index contributed by atoms with van der Waals surface area (Å²) in [5.41, 5.74) is 6.51. The van der Waals surface area contributed by atoms with Crippen LogP contribution in [-0.4, -0.2) is 0 Å². The molecule has 0 aromatic heterocycles. The Morgan fingerprint density at radius 2 is 1.21 bits per heavy atom. The highest BCUT2D eigenvalue weighted by Crippen LogP contribution is 2.49. The second-order valence-electron chi connectivity index (χ2n) is 7.46. The van der Waals surface area contributed by atoms with E-state index in [4.69, 9.17) is 0 Å². The zero-order valence-electron chi connectivity index (χ0n) is 15.6. The summed E-state index contributed by atoms with van der Waals surface area (Å²) in [6.07, 6.45) is 8.94. The van der Waals surface area contributed by atoms with Crippen LogP contribution in [0.5, 0.6) is 0 Å². The lowest BCUT2D eigenvalue weighted by atomic mass is 9.60. The molecule has 0 saturated heterocycles. The Balaban J connectivity index is 2.15. The van der Waals surface area contributed by atoms with Crippen molar-refractivity contribution in [3.05, 3.63) is 70.8 Å². The van der Waals surface area contributed by atoms with Gasteiger partial charge in [-0.05, 0) is 66.7 Å². The molecule has 0 amide bonds. The van der Waals surface area contributed by atoms with E-state index in [0.29, 0.717) is 0 Å². The molecular weight excluding hydrogens is 288 g/mol. The van der Waals surface area contributed by atoms with Crippen molar-refractivity contribution in [1.82, 2.24) is 0 Å². The highest BCUT2D eigenvalue weighted by atomic mass is 14.4. The van der Waals surface area contributed by atoms with Gasteiger partial charge in [0.1, 0.15) is 0 Å². The van der Waals surface area contributed by atoms with Crippen molar-refractivity contribution in [2.75, 3.05) is 0 Å². The average Bonchev–Trinajstić information content (AvgIpc) is 2.68. The molecule has 0 N–H and O–H groups in total. The van der Waals surface area contributed by atoms with Crippen LogP contribution in [0.2, 0.25) is 0 Å². The van der Waals surface area contributed by atoms with Gasteiger partial charge in [0.05, 0.1) is 0 Å². The third kappa shape index (κ3) is 3.04. The van der Waals surface area contributed by atoms with Gasteiger partial charge in [-0.2, -0.15) is 0 Å². The van der Waals surface area contributed by atoms with E-state index in [1.54, 1.807) is 22.3 Å². The topological polar surface area (TPSA) is 0 Å². The van der Waals surface area contributed by atoms with Gasteiger partial charge in [-0.3, -0.25) is 0 Å². The van der Waals surface area contributed by atoms with E-state index in [9.17, 15) is 0 Å². The maximum absolute atomic E-state index is 2.41. The maximum atomic E-state index is 2.41. The minimum Gasteiger partial charge on any atom is -0.0651 e. The summed E-state index contributed by atoms with van der Waals surface area (Å²) >= 11 is 0. The highest BCUT2D eigenvalue weighted by molar-refractivity contribution is 5.47. The Hall–Kier alpha value is -1.56. The van der Waals surface area contributed by atoms with Crippen molar-refractivity contribution in [2.24, 2.45) is 5.92 Å². The summed E-state index contributed by atoms with van der Waals surface area (Å²) in [5.74, 6) is 0.917. The molecule has 1 fully saturated rings. The van der Waals surface area contributed by atoms with E-state index in [1.807, 2.05) is 0 Å². The monoisotopic (exact) mass is 320 g/mol. The van der Waals surface area contributed by atoms with Crippen molar-refractivity contribution in [1.29, 1.82) is 0 Å². The number of rotatable bonds is 5. The first-order valence-corrected chi connectivity index (χ1v) is 9.91. The normalized spacial score (nSPS) is 17.8. The van der Waals surface area contributed by atoms with Crippen LogP contribution in [0.25, 0.3) is 0 Å². The van der Waals surface area contributed by atoms with Crippen molar-refractivity contribution >= 4 is 0 Å². The van der Waals surface area contributed by atoms with E-state index >= 15 is 0 Å². The zero-order chi connectivity index (χ0) is 17.0. The van der Waals surface area contributed by atoms with Crippen LogP contribution in [0, 0.1) is 5.92 Å². The molecule has 0 heteroatoms. The molecule has 2 aromatic rings. The molecule has 0 nitrogen and oxygen atoms in total. The lowest BCUT2D eigenvalue weighted by molar-refractivity contribution is 0.258. The van der Waals surface area contributed by atoms with Gasteiger partial charge >= 0.3 is 0 Å². The van der Waals surface area contributed by atoms with Gasteiger partial charge in [0.2, 0.25) is 0 Å². The molecule has 0 spiro atoms. The Bertz CT molecular complexity index is 610. The van der Waals surface area contributed by atoms with Crippen LogP contribution < -0.4 is 0 Å². The summed E-state index contributed by atoms with van der Waals surface area (Å²) in [4.78, 5) is 0. The van der Waals surface area contributed by atoms with Gasteiger partial charge in [0.25, 0.3) is 0 Å².